The number of nitrogens with two attached hydrogens (primary N) is 1. The number of amides is 2. The highest BCUT2D eigenvalue weighted by molar-refractivity contribution is 5.92. The van der Waals surface area contributed by atoms with E-state index in [-0.39, 0.29) is 6.61 Å². The first-order valence-electron chi connectivity index (χ1n) is 9.11. The lowest BCUT2D eigenvalue weighted by Gasteiger charge is -2.17. The first-order chi connectivity index (χ1) is 14.9. The summed E-state index contributed by atoms with van der Waals surface area (Å²) >= 11 is 0. The molecule has 2 rings (SSSR count). The van der Waals surface area contributed by atoms with Crippen molar-refractivity contribution in [2.24, 2.45) is 5.73 Å². The standard InChI is InChI=1S/C22H23N3O6/c1-28-18-10-15(11-19(29-2)22(18)30-3)17(12-23)25-21(27)9-6-14-4-7-16(8-5-14)31-13-20(24)26/h4-11,17H,13H2,1-3H3,(H2,24,26)(H,25,27)/b9-6+. The number of nitrogens with zero attached hydrogens (tertiary/aromatic N) is 1. The van der Waals surface area contributed by atoms with Gasteiger partial charge in [-0.2, -0.15) is 5.26 Å². The van der Waals surface area contributed by atoms with Gasteiger partial charge in [-0.3, -0.25) is 9.59 Å². The van der Waals surface area contributed by atoms with Gasteiger partial charge in [0.2, 0.25) is 11.7 Å². The lowest BCUT2D eigenvalue weighted by Crippen LogP contribution is -2.25. The second kappa shape index (κ2) is 11.1. The average Bonchev–Trinajstić information content (AvgIpc) is 2.79. The van der Waals surface area contributed by atoms with Crippen molar-refractivity contribution in [2.75, 3.05) is 27.9 Å². The normalized spacial score (nSPS) is 11.3. The Labute approximate surface area is 180 Å². The van der Waals surface area contributed by atoms with Crippen LogP contribution in [0.5, 0.6) is 23.0 Å². The summed E-state index contributed by atoms with van der Waals surface area (Å²) in [6.45, 7) is -0.214. The van der Waals surface area contributed by atoms with Crippen molar-refractivity contribution in [1.82, 2.24) is 5.32 Å². The molecule has 9 nitrogen and oxygen atoms in total. The summed E-state index contributed by atoms with van der Waals surface area (Å²) in [7, 11) is 4.41. The number of hydrogen-bond donors (Lipinski definition) is 2. The summed E-state index contributed by atoms with van der Waals surface area (Å²) in [5.74, 6) is 0.586. The van der Waals surface area contributed by atoms with Gasteiger partial charge in [0, 0.05) is 6.08 Å². The fourth-order valence-electron chi connectivity index (χ4n) is 2.65. The molecule has 2 aromatic rings. The predicted molar refractivity (Wildman–Crippen MR) is 113 cm³/mol. The molecule has 0 saturated carbocycles. The van der Waals surface area contributed by atoms with Crippen LogP contribution >= 0.6 is 0 Å². The molecular formula is C22H23N3O6. The molecule has 0 aliphatic heterocycles. The highest BCUT2D eigenvalue weighted by Crippen LogP contribution is 2.39. The van der Waals surface area contributed by atoms with Gasteiger partial charge in [0.1, 0.15) is 11.8 Å². The van der Waals surface area contributed by atoms with Gasteiger partial charge in [-0.1, -0.05) is 12.1 Å². The third kappa shape index (κ3) is 6.40. The molecule has 31 heavy (non-hydrogen) atoms. The summed E-state index contributed by atoms with van der Waals surface area (Å²) in [6.07, 6.45) is 2.89. The monoisotopic (exact) mass is 425 g/mol. The molecule has 1 unspecified atom stereocenters. The number of carbonyl (C=O) groups excluding carboxylic acids is 2. The zero-order valence-corrected chi connectivity index (χ0v) is 17.4. The van der Waals surface area contributed by atoms with E-state index in [1.807, 2.05) is 6.07 Å². The minimum absolute atomic E-state index is 0.214. The maximum Gasteiger partial charge on any atom is 0.255 e. The molecule has 9 heteroatoms. The SMILES string of the molecule is COc1cc(C(C#N)NC(=O)/C=C/c2ccc(OCC(N)=O)cc2)cc(OC)c1OC. The van der Waals surface area contributed by atoms with Crippen LogP contribution in [0.25, 0.3) is 6.08 Å². The highest BCUT2D eigenvalue weighted by Gasteiger charge is 2.19. The molecule has 162 valence electrons. The summed E-state index contributed by atoms with van der Waals surface area (Å²) in [6, 6.07) is 11.0. The molecule has 3 N–H and O–H groups in total. The van der Waals surface area contributed by atoms with E-state index in [2.05, 4.69) is 5.32 Å². The summed E-state index contributed by atoms with van der Waals surface area (Å²) in [5, 5.41) is 12.2. The van der Waals surface area contributed by atoms with E-state index in [1.165, 1.54) is 27.4 Å². The van der Waals surface area contributed by atoms with Gasteiger partial charge < -0.3 is 30.0 Å². The Hall–Kier alpha value is -4.19. The van der Waals surface area contributed by atoms with Gasteiger partial charge in [-0.05, 0) is 41.5 Å². The summed E-state index contributed by atoms with van der Waals surface area (Å²) in [5.41, 5.74) is 6.23. The van der Waals surface area contributed by atoms with Gasteiger partial charge in [0.15, 0.2) is 18.1 Å². The molecule has 0 saturated heterocycles. The maximum atomic E-state index is 12.3. The van der Waals surface area contributed by atoms with Gasteiger partial charge in [0.25, 0.3) is 5.91 Å². The van der Waals surface area contributed by atoms with Crippen LogP contribution in [0.3, 0.4) is 0 Å². The van der Waals surface area contributed by atoms with Gasteiger partial charge >= 0.3 is 0 Å². The van der Waals surface area contributed by atoms with Crippen molar-refractivity contribution in [3.8, 4) is 29.1 Å². The van der Waals surface area contributed by atoms with Crippen LogP contribution in [0.2, 0.25) is 0 Å². The smallest absolute Gasteiger partial charge is 0.255 e. The lowest BCUT2D eigenvalue weighted by molar-refractivity contribution is -0.120. The Kier molecular flexibility index (Phi) is 8.28. The number of carbonyl (C=O) groups is 2. The fraction of sp³-hybridized carbons (Fsp3) is 0.227. The first-order valence-corrected chi connectivity index (χ1v) is 9.11. The number of ether oxygens (including phenoxy) is 4. The summed E-state index contributed by atoms with van der Waals surface area (Å²) in [4.78, 5) is 23.1. The van der Waals surface area contributed by atoms with Gasteiger partial charge in [-0.25, -0.2) is 0 Å². The minimum atomic E-state index is -0.935. The van der Waals surface area contributed by atoms with Crippen LogP contribution in [0.4, 0.5) is 0 Å². The van der Waals surface area contributed by atoms with Crippen LogP contribution < -0.4 is 30.0 Å². The number of nitrogens with one attached hydrogen (secondary N) is 1. The highest BCUT2D eigenvalue weighted by atomic mass is 16.5. The molecule has 0 heterocycles. The van der Waals surface area contributed by atoms with E-state index in [4.69, 9.17) is 24.7 Å². The molecule has 0 aromatic heterocycles. The van der Waals surface area contributed by atoms with E-state index in [1.54, 1.807) is 42.5 Å². The molecule has 2 aromatic carbocycles. The Morgan fingerprint density at radius 3 is 2.19 bits per heavy atom. The number of primary amides is 1. The van der Waals surface area contributed by atoms with Crippen LogP contribution in [0, 0.1) is 11.3 Å². The molecule has 1 atom stereocenters. The minimum Gasteiger partial charge on any atom is -0.493 e. The molecule has 0 aliphatic rings. The quantitative estimate of drug-likeness (QED) is 0.556. The van der Waals surface area contributed by atoms with Crippen LogP contribution in [-0.4, -0.2) is 39.8 Å². The number of methoxy groups -OCH3 is 3. The molecule has 0 radical (unpaired) electrons. The van der Waals surface area contributed by atoms with Crippen molar-refractivity contribution in [2.45, 2.75) is 6.04 Å². The summed E-state index contributed by atoms with van der Waals surface area (Å²) < 4.78 is 21.0. The number of nitriles is 1. The molecular weight excluding hydrogens is 402 g/mol. The molecule has 0 fully saturated rings. The van der Waals surface area contributed by atoms with E-state index in [0.717, 1.165) is 5.56 Å². The molecule has 2 amide bonds. The lowest BCUT2D eigenvalue weighted by atomic mass is 10.1. The second-order valence-corrected chi connectivity index (χ2v) is 6.19. The van der Waals surface area contributed by atoms with Crippen LogP contribution in [0.15, 0.2) is 42.5 Å². The predicted octanol–water partition coefficient (Wildman–Crippen LogP) is 1.97. The fourth-order valence-corrected chi connectivity index (χ4v) is 2.65. The Morgan fingerprint density at radius 2 is 1.71 bits per heavy atom. The average molecular weight is 425 g/mol. The number of hydrogen-bond acceptors (Lipinski definition) is 7. The Balaban J connectivity index is 2.10. The zero-order valence-electron chi connectivity index (χ0n) is 17.4. The zero-order chi connectivity index (χ0) is 22.8. The molecule has 0 bridgehead atoms. The van der Waals surface area contributed by atoms with E-state index in [9.17, 15) is 14.9 Å². The largest absolute Gasteiger partial charge is 0.493 e. The Bertz CT molecular complexity index is 970. The van der Waals surface area contributed by atoms with Gasteiger partial charge in [0.05, 0.1) is 27.4 Å². The number of rotatable bonds is 10. The Morgan fingerprint density at radius 1 is 1.10 bits per heavy atom. The molecule has 0 spiro atoms. The van der Waals surface area contributed by atoms with E-state index >= 15 is 0 Å². The van der Waals surface area contributed by atoms with Gasteiger partial charge in [-0.15, -0.1) is 0 Å². The third-order valence-corrected chi connectivity index (χ3v) is 4.12. The van der Waals surface area contributed by atoms with Crippen LogP contribution in [-0.2, 0) is 9.59 Å². The van der Waals surface area contributed by atoms with Crippen molar-refractivity contribution >= 4 is 17.9 Å². The van der Waals surface area contributed by atoms with Crippen molar-refractivity contribution < 1.29 is 28.5 Å². The van der Waals surface area contributed by atoms with Crippen molar-refractivity contribution in [1.29, 1.82) is 5.26 Å². The van der Waals surface area contributed by atoms with Crippen LogP contribution in [0.1, 0.15) is 17.2 Å². The van der Waals surface area contributed by atoms with E-state index in [0.29, 0.717) is 28.6 Å². The van der Waals surface area contributed by atoms with Crippen molar-refractivity contribution in [3.05, 3.63) is 53.6 Å². The first kappa shape index (κ1) is 23.1. The number of benzene rings is 2. The second-order valence-electron chi connectivity index (χ2n) is 6.19. The molecule has 0 aliphatic carbocycles. The van der Waals surface area contributed by atoms with Crippen molar-refractivity contribution in [3.63, 3.8) is 0 Å². The topological polar surface area (TPSA) is 133 Å². The van der Waals surface area contributed by atoms with E-state index < -0.39 is 17.9 Å². The maximum absolute atomic E-state index is 12.3. The third-order valence-electron chi connectivity index (χ3n) is 4.12.